The number of carboxylic acids is 1. The highest BCUT2D eigenvalue weighted by Crippen LogP contribution is 2.31. The molecule has 0 saturated carbocycles. The maximum absolute atomic E-state index is 12.8. The highest BCUT2D eigenvalue weighted by atomic mass is 16.4. The lowest BCUT2D eigenvalue weighted by Crippen LogP contribution is -2.35. The van der Waals surface area contributed by atoms with Gasteiger partial charge in [-0.2, -0.15) is 0 Å². The lowest BCUT2D eigenvalue weighted by Gasteiger charge is -2.26. The average molecular weight is 402 g/mol. The Kier molecular flexibility index (Phi) is 4.54. The van der Waals surface area contributed by atoms with E-state index in [-0.39, 0.29) is 11.6 Å². The number of carboxylic acid groups (broad SMARTS) is 1. The van der Waals surface area contributed by atoms with Crippen LogP contribution in [0.3, 0.4) is 0 Å². The number of rotatable bonds is 5. The number of nitrogens with one attached hydrogen (secondary N) is 1. The van der Waals surface area contributed by atoms with Gasteiger partial charge in [-0.15, -0.1) is 0 Å². The van der Waals surface area contributed by atoms with Crippen LogP contribution in [0.15, 0.2) is 52.9 Å². The van der Waals surface area contributed by atoms with E-state index in [0.717, 1.165) is 39.6 Å². The van der Waals surface area contributed by atoms with Gasteiger partial charge in [0.25, 0.3) is 0 Å². The van der Waals surface area contributed by atoms with Crippen LogP contribution in [0.5, 0.6) is 0 Å². The summed E-state index contributed by atoms with van der Waals surface area (Å²) in [6, 6.07) is 15.5. The molecule has 1 aliphatic rings. The van der Waals surface area contributed by atoms with Crippen molar-refractivity contribution < 1.29 is 19.1 Å². The first kappa shape index (κ1) is 18.5. The lowest BCUT2D eigenvalue weighted by atomic mass is 10.0. The molecule has 0 saturated heterocycles. The fourth-order valence-corrected chi connectivity index (χ4v) is 4.48. The zero-order chi connectivity index (χ0) is 20.7. The Morgan fingerprint density at radius 1 is 1.07 bits per heavy atom. The Balaban J connectivity index is 1.27. The Hall–Kier alpha value is -3.54. The second-order valence-electron chi connectivity index (χ2n) is 7.75. The number of hydrogen-bond acceptors (Lipinski definition) is 3. The third kappa shape index (κ3) is 3.14. The highest BCUT2D eigenvalue weighted by molar-refractivity contribution is 5.97. The SMILES string of the molecule is O=C(O)c1[nH]c2ccccc2c1CCCC(=O)N1CCc2c(oc3ccccc23)C1. The Morgan fingerprint density at radius 3 is 2.67 bits per heavy atom. The van der Waals surface area contributed by atoms with Crippen molar-refractivity contribution in [1.29, 1.82) is 0 Å². The Morgan fingerprint density at radius 2 is 1.83 bits per heavy atom. The van der Waals surface area contributed by atoms with Crippen molar-refractivity contribution in [2.75, 3.05) is 6.54 Å². The molecule has 0 radical (unpaired) electrons. The molecule has 2 aromatic carbocycles. The zero-order valence-corrected chi connectivity index (χ0v) is 16.5. The van der Waals surface area contributed by atoms with Gasteiger partial charge < -0.3 is 19.4 Å². The summed E-state index contributed by atoms with van der Waals surface area (Å²) < 4.78 is 5.96. The number of benzene rings is 2. The number of aromatic amines is 1. The third-order valence-electron chi connectivity index (χ3n) is 5.95. The van der Waals surface area contributed by atoms with E-state index in [9.17, 15) is 14.7 Å². The number of aryl methyl sites for hydroxylation is 1. The summed E-state index contributed by atoms with van der Waals surface area (Å²) >= 11 is 0. The summed E-state index contributed by atoms with van der Waals surface area (Å²) in [5.41, 5.74) is 3.87. The normalized spacial score (nSPS) is 13.7. The van der Waals surface area contributed by atoms with Gasteiger partial charge in [-0.3, -0.25) is 4.79 Å². The molecule has 4 aromatic rings. The van der Waals surface area contributed by atoms with Gasteiger partial charge in [0.15, 0.2) is 0 Å². The van der Waals surface area contributed by atoms with E-state index in [1.54, 1.807) is 0 Å². The summed E-state index contributed by atoms with van der Waals surface area (Å²) in [5.74, 6) is -0.0145. The van der Waals surface area contributed by atoms with Gasteiger partial charge in [0.1, 0.15) is 17.0 Å². The maximum atomic E-state index is 12.8. The van der Waals surface area contributed by atoms with Gasteiger partial charge in [-0.25, -0.2) is 4.79 Å². The molecular weight excluding hydrogens is 380 g/mol. The van der Waals surface area contributed by atoms with E-state index in [2.05, 4.69) is 11.1 Å². The summed E-state index contributed by atoms with van der Waals surface area (Å²) in [5, 5.41) is 11.6. The molecule has 5 rings (SSSR count). The van der Waals surface area contributed by atoms with Crippen LogP contribution in [0.2, 0.25) is 0 Å². The summed E-state index contributed by atoms with van der Waals surface area (Å²) in [4.78, 5) is 29.2. The Labute approximate surface area is 173 Å². The molecule has 0 fully saturated rings. The predicted octanol–water partition coefficient (Wildman–Crippen LogP) is 4.52. The number of nitrogens with zero attached hydrogens (tertiary/aromatic N) is 1. The first-order valence-corrected chi connectivity index (χ1v) is 10.2. The molecule has 6 heteroatoms. The molecule has 0 aliphatic carbocycles. The number of amides is 1. The zero-order valence-electron chi connectivity index (χ0n) is 16.5. The average Bonchev–Trinajstić information content (AvgIpc) is 3.31. The molecule has 2 N–H and O–H groups in total. The third-order valence-corrected chi connectivity index (χ3v) is 5.95. The number of hydrogen-bond donors (Lipinski definition) is 2. The van der Waals surface area contributed by atoms with Gasteiger partial charge >= 0.3 is 5.97 Å². The maximum Gasteiger partial charge on any atom is 0.352 e. The molecular formula is C24H22N2O4. The van der Waals surface area contributed by atoms with Gasteiger partial charge in [-0.1, -0.05) is 36.4 Å². The molecule has 1 amide bonds. The highest BCUT2D eigenvalue weighted by Gasteiger charge is 2.25. The molecule has 152 valence electrons. The molecule has 2 aromatic heterocycles. The van der Waals surface area contributed by atoms with Gasteiger partial charge in [0.05, 0.1) is 6.54 Å². The van der Waals surface area contributed by atoms with Crippen LogP contribution in [-0.2, 0) is 24.2 Å². The monoisotopic (exact) mass is 402 g/mol. The molecule has 1 aliphatic heterocycles. The van der Waals surface area contributed by atoms with Crippen LogP contribution in [0.4, 0.5) is 0 Å². The number of fused-ring (bicyclic) bond motifs is 4. The minimum Gasteiger partial charge on any atom is -0.477 e. The van der Waals surface area contributed by atoms with E-state index >= 15 is 0 Å². The molecule has 30 heavy (non-hydrogen) atoms. The smallest absolute Gasteiger partial charge is 0.352 e. The van der Waals surface area contributed by atoms with Crippen molar-refractivity contribution >= 4 is 33.7 Å². The largest absolute Gasteiger partial charge is 0.477 e. The number of aromatic nitrogens is 1. The quantitative estimate of drug-likeness (QED) is 0.514. The topological polar surface area (TPSA) is 86.5 Å². The minimum absolute atomic E-state index is 0.0813. The van der Waals surface area contributed by atoms with E-state index < -0.39 is 5.97 Å². The number of para-hydroxylation sites is 2. The van der Waals surface area contributed by atoms with E-state index in [0.29, 0.717) is 32.4 Å². The van der Waals surface area contributed by atoms with E-state index in [1.807, 2.05) is 47.4 Å². The van der Waals surface area contributed by atoms with E-state index in [1.165, 1.54) is 5.56 Å². The fourth-order valence-electron chi connectivity index (χ4n) is 4.48. The van der Waals surface area contributed by atoms with Gasteiger partial charge in [0.2, 0.25) is 5.91 Å². The molecule has 0 unspecified atom stereocenters. The second-order valence-corrected chi connectivity index (χ2v) is 7.75. The van der Waals surface area contributed by atoms with Gasteiger partial charge in [-0.05, 0) is 37.0 Å². The standard InChI is InChI=1S/C24H22N2O4/c27-22(26-13-12-17-16-7-2-4-10-20(16)30-21(17)14-26)11-5-8-18-15-6-1-3-9-19(15)25-23(18)24(28)29/h1-4,6-7,9-10,25H,5,8,11-14H2,(H,28,29). The first-order valence-electron chi connectivity index (χ1n) is 10.2. The van der Waals surface area contributed by atoms with Crippen LogP contribution in [0, 0.1) is 0 Å². The number of H-pyrrole nitrogens is 1. The lowest BCUT2D eigenvalue weighted by molar-refractivity contribution is -0.132. The van der Waals surface area contributed by atoms with Crippen molar-refractivity contribution in [3.05, 3.63) is 71.1 Å². The summed E-state index contributed by atoms with van der Waals surface area (Å²) in [7, 11) is 0. The fraction of sp³-hybridized carbons (Fsp3) is 0.250. The minimum atomic E-state index is -0.971. The number of carbonyl (C=O) groups is 2. The number of carbonyl (C=O) groups excluding carboxylic acids is 1. The van der Waals surface area contributed by atoms with E-state index in [4.69, 9.17) is 4.42 Å². The number of aromatic carboxylic acids is 1. The Bertz CT molecular complexity index is 1270. The van der Waals surface area contributed by atoms with Crippen LogP contribution >= 0.6 is 0 Å². The van der Waals surface area contributed by atoms with Crippen LogP contribution in [-0.4, -0.2) is 33.4 Å². The molecule has 0 spiro atoms. The first-order chi connectivity index (χ1) is 14.6. The van der Waals surface area contributed by atoms with Crippen molar-refractivity contribution in [1.82, 2.24) is 9.88 Å². The summed E-state index contributed by atoms with van der Waals surface area (Å²) in [6.45, 7) is 1.18. The predicted molar refractivity (Wildman–Crippen MR) is 114 cm³/mol. The van der Waals surface area contributed by atoms with Crippen molar-refractivity contribution in [3.63, 3.8) is 0 Å². The molecule has 0 atom stereocenters. The number of furan rings is 1. The van der Waals surface area contributed by atoms with Crippen LogP contribution in [0.1, 0.15) is 40.2 Å². The van der Waals surface area contributed by atoms with Crippen molar-refractivity contribution in [2.45, 2.75) is 32.2 Å². The van der Waals surface area contributed by atoms with Crippen molar-refractivity contribution in [3.8, 4) is 0 Å². The second kappa shape index (κ2) is 7.37. The summed E-state index contributed by atoms with van der Waals surface area (Å²) in [6.07, 6.45) is 2.32. The van der Waals surface area contributed by atoms with Crippen molar-refractivity contribution in [2.24, 2.45) is 0 Å². The van der Waals surface area contributed by atoms with Crippen LogP contribution in [0.25, 0.3) is 21.9 Å². The molecule has 3 heterocycles. The molecule has 6 nitrogen and oxygen atoms in total. The van der Waals surface area contributed by atoms with Crippen LogP contribution < -0.4 is 0 Å². The molecule has 0 bridgehead atoms. The van der Waals surface area contributed by atoms with Gasteiger partial charge in [0, 0.05) is 34.8 Å².